The first-order chi connectivity index (χ1) is 9.78. The topological polar surface area (TPSA) is 65.4 Å². The molecule has 0 amide bonds. The Morgan fingerprint density at radius 3 is 2.90 bits per heavy atom. The SMILES string of the molecule is CCCOc1ccc(-c2nc3ccccn3n2)cc1N. The number of hydrogen-bond acceptors (Lipinski definition) is 4. The highest BCUT2D eigenvalue weighted by Crippen LogP contribution is 2.27. The van der Waals surface area contributed by atoms with Gasteiger partial charge in [-0.2, -0.15) is 0 Å². The molecule has 1 aromatic carbocycles. The average Bonchev–Trinajstić information content (AvgIpc) is 2.90. The maximum Gasteiger partial charge on any atom is 0.182 e. The molecule has 3 aromatic rings. The van der Waals surface area contributed by atoms with Crippen LogP contribution in [0, 0.1) is 0 Å². The summed E-state index contributed by atoms with van der Waals surface area (Å²) >= 11 is 0. The standard InChI is InChI=1S/C15H16N4O/c1-2-9-20-13-7-6-11(10-12(13)16)15-17-14-5-3-4-8-19(14)18-15/h3-8,10H,2,9,16H2,1H3. The van der Waals surface area contributed by atoms with Crippen LogP contribution in [0.5, 0.6) is 5.75 Å². The van der Waals surface area contributed by atoms with Crippen LogP contribution in [0.1, 0.15) is 13.3 Å². The van der Waals surface area contributed by atoms with Gasteiger partial charge in [0.2, 0.25) is 0 Å². The zero-order valence-corrected chi connectivity index (χ0v) is 11.3. The van der Waals surface area contributed by atoms with Crippen LogP contribution in [-0.4, -0.2) is 21.2 Å². The molecule has 0 bridgehead atoms. The summed E-state index contributed by atoms with van der Waals surface area (Å²) in [6.07, 6.45) is 2.82. The van der Waals surface area contributed by atoms with Crippen molar-refractivity contribution in [1.29, 1.82) is 0 Å². The van der Waals surface area contributed by atoms with E-state index in [2.05, 4.69) is 17.0 Å². The number of hydrogen-bond donors (Lipinski definition) is 1. The molecule has 0 spiro atoms. The predicted molar refractivity (Wildman–Crippen MR) is 78.6 cm³/mol. The van der Waals surface area contributed by atoms with E-state index in [1.165, 1.54) is 0 Å². The van der Waals surface area contributed by atoms with E-state index in [-0.39, 0.29) is 0 Å². The van der Waals surface area contributed by atoms with E-state index in [1.54, 1.807) is 4.52 Å². The Hall–Kier alpha value is -2.56. The number of ether oxygens (including phenoxy) is 1. The third-order valence-electron chi connectivity index (χ3n) is 2.97. The van der Waals surface area contributed by atoms with Crippen molar-refractivity contribution < 1.29 is 4.74 Å². The number of aromatic nitrogens is 3. The third kappa shape index (κ3) is 2.30. The van der Waals surface area contributed by atoms with Crippen molar-refractivity contribution in [2.24, 2.45) is 0 Å². The number of anilines is 1. The second-order valence-corrected chi connectivity index (χ2v) is 4.54. The van der Waals surface area contributed by atoms with Crippen molar-refractivity contribution in [3.05, 3.63) is 42.6 Å². The van der Waals surface area contributed by atoms with Gasteiger partial charge in [0, 0.05) is 11.8 Å². The van der Waals surface area contributed by atoms with Crippen LogP contribution < -0.4 is 10.5 Å². The van der Waals surface area contributed by atoms with Gasteiger partial charge < -0.3 is 10.5 Å². The summed E-state index contributed by atoms with van der Waals surface area (Å²) in [5, 5.41) is 4.43. The van der Waals surface area contributed by atoms with Gasteiger partial charge in [0.1, 0.15) is 5.75 Å². The van der Waals surface area contributed by atoms with Crippen LogP contribution in [0.2, 0.25) is 0 Å². The van der Waals surface area contributed by atoms with Crippen molar-refractivity contribution in [2.75, 3.05) is 12.3 Å². The van der Waals surface area contributed by atoms with Gasteiger partial charge in [0.15, 0.2) is 11.5 Å². The first-order valence-electron chi connectivity index (χ1n) is 6.62. The Morgan fingerprint density at radius 1 is 1.25 bits per heavy atom. The van der Waals surface area contributed by atoms with E-state index in [9.17, 15) is 0 Å². The van der Waals surface area contributed by atoms with Gasteiger partial charge in [0.05, 0.1) is 12.3 Å². The normalized spacial score (nSPS) is 10.8. The highest BCUT2D eigenvalue weighted by molar-refractivity contribution is 5.67. The zero-order chi connectivity index (χ0) is 13.9. The Labute approximate surface area is 117 Å². The maximum absolute atomic E-state index is 6.01. The summed E-state index contributed by atoms with van der Waals surface area (Å²) in [5.41, 5.74) is 8.31. The summed E-state index contributed by atoms with van der Waals surface area (Å²) in [6.45, 7) is 2.72. The highest BCUT2D eigenvalue weighted by atomic mass is 16.5. The van der Waals surface area contributed by atoms with Crippen molar-refractivity contribution >= 4 is 11.3 Å². The molecule has 0 fully saturated rings. The molecular weight excluding hydrogens is 252 g/mol. The largest absolute Gasteiger partial charge is 0.491 e. The molecule has 0 unspecified atom stereocenters. The Kier molecular flexibility index (Phi) is 3.25. The quantitative estimate of drug-likeness (QED) is 0.739. The van der Waals surface area contributed by atoms with Crippen LogP contribution >= 0.6 is 0 Å². The lowest BCUT2D eigenvalue weighted by Crippen LogP contribution is -1.99. The molecule has 0 saturated heterocycles. The van der Waals surface area contributed by atoms with E-state index in [1.807, 2.05) is 42.6 Å². The number of pyridine rings is 1. The number of benzene rings is 1. The summed E-state index contributed by atoms with van der Waals surface area (Å²) in [6, 6.07) is 11.4. The summed E-state index contributed by atoms with van der Waals surface area (Å²) < 4.78 is 7.31. The van der Waals surface area contributed by atoms with Crippen LogP contribution in [0.4, 0.5) is 5.69 Å². The smallest absolute Gasteiger partial charge is 0.182 e. The first kappa shape index (κ1) is 12.5. The minimum atomic E-state index is 0.606. The molecule has 2 N–H and O–H groups in total. The third-order valence-corrected chi connectivity index (χ3v) is 2.97. The fourth-order valence-corrected chi connectivity index (χ4v) is 1.98. The average molecular weight is 268 g/mol. The van der Waals surface area contributed by atoms with Gasteiger partial charge in [-0.1, -0.05) is 13.0 Å². The first-order valence-corrected chi connectivity index (χ1v) is 6.62. The monoisotopic (exact) mass is 268 g/mol. The zero-order valence-electron chi connectivity index (χ0n) is 11.3. The molecule has 0 aliphatic heterocycles. The molecule has 5 nitrogen and oxygen atoms in total. The highest BCUT2D eigenvalue weighted by Gasteiger charge is 2.08. The second-order valence-electron chi connectivity index (χ2n) is 4.54. The molecule has 0 atom stereocenters. The molecule has 102 valence electrons. The fraction of sp³-hybridized carbons (Fsp3) is 0.200. The van der Waals surface area contributed by atoms with E-state index in [4.69, 9.17) is 10.5 Å². The van der Waals surface area contributed by atoms with Crippen molar-refractivity contribution in [3.63, 3.8) is 0 Å². The van der Waals surface area contributed by atoms with Crippen LogP contribution in [-0.2, 0) is 0 Å². The van der Waals surface area contributed by atoms with Crippen LogP contribution in [0.25, 0.3) is 17.0 Å². The van der Waals surface area contributed by atoms with Gasteiger partial charge >= 0.3 is 0 Å². The molecule has 20 heavy (non-hydrogen) atoms. The molecule has 0 radical (unpaired) electrons. The lowest BCUT2D eigenvalue weighted by Gasteiger charge is -2.08. The molecule has 3 rings (SSSR count). The summed E-state index contributed by atoms with van der Waals surface area (Å²) in [7, 11) is 0. The minimum absolute atomic E-state index is 0.606. The van der Waals surface area contributed by atoms with E-state index < -0.39 is 0 Å². The minimum Gasteiger partial charge on any atom is -0.491 e. The second kappa shape index (κ2) is 5.21. The number of nitrogens with two attached hydrogens (primary N) is 1. The molecule has 5 heteroatoms. The number of rotatable bonds is 4. The van der Waals surface area contributed by atoms with E-state index in [0.29, 0.717) is 23.9 Å². The predicted octanol–water partition coefficient (Wildman–Crippen LogP) is 2.77. The number of nitrogen functional groups attached to an aromatic ring is 1. The molecule has 2 heterocycles. The van der Waals surface area contributed by atoms with Crippen LogP contribution in [0.3, 0.4) is 0 Å². The Morgan fingerprint density at radius 2 is 2.15 bits per heavy atom. The molecular formula is C15H16N4O. The summed E-state index contributed by atoms with van der Waals surface area (Å²) in [5.74, 6) is 1.37. The van der Waals surface area contributed by atoms with Gasteiger partial charge in [-0.15, -0.1) is 5.10 Å². The van der Waals surface area contributed by atoms with Gasteiger partial charge in [-0.3, -0.25) is 0 Å². The Bertz CT molecular complexity index is 703. The van der Waals surface area contributed by atoms with Gasteiger partial charge in [-0.25, -0.2) is 9.50 Å². The lowest BCUT2D eigenvalue weighted by molar-refractivity contribution is 0.319. The molecule has 2 aromatic heterocycles. The number of fused-ring (bicyclic) bond motifs is 1. The lowest BCUT2D eigenvalue weighted by atomic mass is 10.2. The fourth-order valence-electron chi connectivity index (χ4n) is 1.98. The summed E-state index contributed by atoms with van der Waals surface area (Å²) in [4.78, 5) is 4.47. The van der Waals surface area contributed by atoms with Crippen molar-refractivity contribution in [3.8, 4) is 17.1 Å². The Balaban J connectivity index is 1.95. The van der Waals surface area contributed by atoms with Gasteiger partial charge in [-0.05, 0) is 36.8 Å². The molecule has 0 aliphatic carbocycles. The van der Waals surface area contributed by atoms with E-state index >= 15 is 0 Å². The molecule has 0 aliphatic rings. The molecule has 0 saturated carbocycles. The van der Waals surface area contributed by atoms with Crippen LogP contribution in [0.15, 0.2) is 42.6 Å². The maximum atomic E-state index is 6.01. The number of nitrogens with zero attached hydrogens (tertiary/aromatic N) is 3. The van der Waals surface area contributed by atoms with Crippen molar-refractivity contribution in [2.45, 2.75) is 13.3 Å². The van der Waals surface area contributed by atoms with Crippen molar-refractivity contribution in [1.82, 2.24) is 14.6 Å². The van der Waals surface area contributed by atoms with E-state index in [0.717, 1.165) is 17.6 Å². The van der Waals surface area contributed by atoms with Gasteiger partial charge in [0.25, 0.3) is 0 Å².